The predicted octanol–water partition coefficient (Wildman–Crippen LogP) is 1.20. The summed E-state index contributed by atoms with van der Waals surface area (Å²) in [6.45, 7) is 4.67. The van der Waals surface area contributed by atoms with Crippen LogP contribution in [-0.2, 0) is 0 Å². The Morgan fingerprint density at radius 1 is 1.82 bits per heavy atom. The Balaban J connectivity index is 2.28. The maximum atomic E-state index is 9.19. The minimum atomic E-state index is -0.127. The molecule has 1 fully saturated rings. The number of β-amino-alcohol motifs (C(OH)–C–C–N with tert-alkyl or cyclic N) is 1. The van der Waals surface area contributed by atoms with Gasteiger partial charge in [0, 0.05) is 25.2 Å². The largest absolute Gasteiger partial charge is 0.392 e. The molecule has 0 saturated carbocycles. The molecule has 3 heteroatoms. The van der Waals surface area contributed by atoms with Crippen LogP contribution in [0.4, 0.5) is 0 Å². The smallest absolute Gasteiger partial charge is 0.0679 e. The van der Waals surface area contributed by atoms with Crippen molar-refractivity contribution in [2.45, 2.75) is 19.4 Å². The molecule has 0 aromatic heterocycles. The molecule has 0 amide bonds. The van der Waals surface area contributed by atoms with Gasteiger partial charge in [-0.05, 0) is 18.9 Å². The molecule has 1 aliphatic rings. The second kappa shape index (κ2) is 4.10. The molecule has 1 atom stereocenters. The van der Waals surface area contributed by atoms with Crippen molar-refractivity contribution in [1.29, 1.82) is 0 Å². The van der Waals surface area contributed by atoms with E-state index in [0.29, 0.717) is 0 Å². The molecule has 1 heterocycles. The van der Waals surface area contributed by atoms with Gasteiger partial charge in [-0.2, -0.15) is 0 Å². The Labute approximate surface area is 72.5 Å². The zero-order valence-electron chi connectivity index (χ0n) is 6.76. The van der Waals surface area contributed by atoms with Gasteiger partial charge in [0.2, 0.25) is 0 Å². The van der Waals surface area contributed by atoms with Crippen LogP contribution >= 0.6 is 11.6 Å². The Hall–Kier alpha value is -0.0500. The fourth-order valence-corrected chi connectivity index (χ4v) is 1.41. The molecule has 11 heavy (non-hydrogen) atoms. The number of likely N-dealkylation sites (tertiary alicyclic amines) is 1. The van der Waals surface area contributed by atoms with Gasteiger partial charge in [-0.1, -0.05) is 11.6 Å². The summed E-state index contributed by atoms with van der Waals surface area (Å²) in [4.78, 5) is 2.21. The summed E-state index contributed by atoms with van der Waals surface area (Å²) in [6.07, 6.45) is 0.772. The molecule has 1 unspecified atom stereocenters. The molecule has 0 aliphatic carbocycles. The highest BCUT2D eigenvalue weighted by Gasteiger charge is 2.19. The zero-order chi connectivity index (χ0) is 8.27. The molecular weight excluding hydrogens is 162 g/mol. The van der Waals surface area contributed by atoms with Crippen molar-refractivity contribution < 1.29 is 5.11 Å². The van der Waals surface area contributed by atoms with E-state index >= 15 is 0 Å². The van der Waals surface area contributed by atoms with Crippen molar-refractivity contribution in [2.75, 3.05) is 19.6 Å². The second-order valence-electron chi connectivity index (χ2n) is 3.13. The molecule has 0 radical (unpaired) electrons. The SMILES string of the molecule is CC(=CCl)CN1CCC(O)C1. The number of aliphatic hydroxyl groups is 1. The lowest BCUT2D eigenvalue weighted by Gasteiger charge is -2.13. The molecule has 1 saturated heterocycles. The van der Waals surface area contributed by atoms with Crippen molar-refractivity contribution in [3.05, 3.63) is 11.1 Å². The summed E-state index contributed by atoms with van der Waals surface area (Å²) >= 11 is 5.52. The van der Waals surface area contributed by atoms with Gasteiger partial charge in [-0.15, -0.1) is 0 Å². The van der Waals surface area contributed by atoms with E-state index in [4.69, 9.17) is 11.6 Å². The molecular formula is C8H14ClNO. The Kier molecular flexibility index (Phi) is 3.37. The van der Waals surface area contributed by atoms with Gasteiger partial charge in [0.05, 0.1) is 6.10 Å². The van der Waals surface area contributed by atoms with Gasteiger partial charge in [0.25, 0.3) is 0 Å². The van der Waals surface area contributed by atoms with Gasteiger partial charge >= 0.3 is 0 Å². The summed E-state index contributed by atoms with van der Waals surface area (Å²) in [5.74, 6) is 0. The quantitative estimate of drug-likeness (QED) is 0.682. The number of aliphatic hydroxyl groups excluding tert-OH is 1. The lowest BCUT2D eigenvalue weighted by Crippen LogP contribution is -2.23. The summed E-state index contributed by atoms with van der Waals surface area (Å²) < 4.78 is 0. The van der Waals surface area contributed by atoms with Crippen LogP contribution in [-0.4, -0.2) is 35.7 Å². The Morgan fingerprint density at radius 2 is 2.55 bits per heavy atom. The minimum Gasteiger partial charge on any atom is -0.392 e. The monoisotopic (exact) mass is 175 g/mol. The highest BCUT2D eigenvalue weighted by Crippen LogP contribution is 2.10. The molecule has 64 valence electrons. The normalized spacial score (nSPS) is 27.9. The fourth-order valence-electron chi connectivity index (χ4n) is 1.34. The van der Waals surface area contributed by atoms with Gasteiger partial charge in [-0.25, -0.2) is 0 Å². The number of hydrogen-bond donors (Lipinski definition) is 1. The third-order valence-electron chi connectivity index (χ3n) is 1.91. The van der Waals surface area contributed by atoms with Crippen LogP contribution in [0.25, 0.3) is 0 Å². The van der Waals surface area contributed by atoms with Crippen LogP contribution in [0.2, 0.25) is 0 Å². The first-order valence-corrected chi connectivity index (χ1v) is 4.32. The standard InChI is InChI=1S/C8H14ClNO/c1-7(4-9)5-10-3-2-8(11)6-10/h4,8,11H,2-3,5-6H2,1H3. The second-order valence-corrected chi connectivity index (χ2v) is 3.35. The van der Waals surface area contributed by atoms with E-state index in [2.05, 4.69) is 4.90 Å². The van der Waals surface area contributed by atoms with Crippen LogP contribution < -0.4 is 0 Å². The van der Waals surface area contributed by atoms with Gasteiger partial charge in [-0.3, -0.25) is 4.90 Å². The van der Waals surface area contributed by atoms with E-state index in [1.807, 2.05) is 6.92 Å². The van der Waals surface area contributed by atoms with Gasteiger partial charge in [0.15, 0.2) is 0 Å². The number of halogens is 1. The van der Waals surface area contributed by atoms with Crippen molar-refractivity contribution in [1.82, 2.24) is 4.90 Å². The van der Waals surface area contributed by atoms with E-state index in [9.17, 15) is 5.11 Å². The van der Waals surface area contributed by atoms with E-state index < -0.39 is 0 Å². The Bertz CT molecular complexity index is 158. The molecule has 0 aromatic carbocycles. The van der Waals surface area contributed by atoms with E-state index in [-0.39, 0.29) is 6.10 Å². The highest BCUT2D eigenvalue weighted by atomic mass is 35.5. The Morgan fingerprint density at radius 3 is 3.00 bits per heavy atom. The maximum Gasteiger partial charge on any atom is 0.0679 e. The van der Waals surface area contributed by atoms with Crippen molar-refractivity contribution in [2.24, 2.45) is 0 Å². The highest BCUT2D eigenvalue weighted by molar-refractivity contribution is 6.25. The molecule has 0 spiro atoms. The molecule has 1 rings (SSSR count). The van der Waals surface area contributed by atoms with Gasteiger partial charge in [0.1, 0.15) is 0 Å². The van der Waals surface area contributed by atoms with E-state index in [0.717, 1.165) is 31.6 Å². The summed E-state index contributed by atoms with van der Waals surface area (Å²) in [5, 5.41) is 9.19. The van der Waals surface area contributed by atoms with Crippen LogP contribution in [0.3, 0.4) is 0 Å². The number of nitrogens with zero attached hydrogens (tertiary/aromatic N) is 1. The zero-order valence-corrected chi connectivity index (χ0v) is 7.51. The van der Waals surface area contributed by atoms with Crippen molar-refractivity contribution in [3.8, 4) is 0 Å². The molecule has 1 N–H and O–H groups in total. The molecule has 0 bridgehead atoms. The van der Waals surface area contributed by atoms with Crippen LogP contribution in [0.1, 0.15) is 13.3 Å². The average Bonchev–Trinajstić information content (AvgIpc) is 2.35. The maximum absolute atomic E-state index is 9.19. The lowest BCUT2D eigenvalue weighted by molar-refractivity contribution is 0.179. The third-order valence-corrected chi connectivity index (χ3v) is 2.28. The number of hydrogen-bond acceptors (Lipinski definition) is 2. The molecule has 2 nitrogen and oxygen atoms in total. The molecule has 1 aliphatic heterocycles. The van der Waals surface area contributed by atoms with E-state index in [1.165, 1.54) is 0 Å². The number of rotatable bonds is 2. The average molecular weight is 176 g/mol. The third kappa shape index (κ3) is 2.81. The first-order valence-electron chi connectivity index (χ1n) is 3.88. The van der Waals surface area contributed by atoms with Crippen LogP contribution in [0, 0.1) is 0 Å². The van der Waals surface area contributed by atoms with Gasteiger partial charge < -0.3 is 5.11 Å². The van der Waals surface area contributed by atoms with Crippen molar-refractivity contribution >= 4 is 11.6 Å². The van der Waals surface area contributed by atoms with Crippen LogP contribution in [0.15, 0.2) is 11.1 Å². The molecule has 0 aromatic rings. The first-order chi connectivity index (χ1) is 5.22. The van der Waals surface area contributed by atoms with Crippen LogP contribution in [0.5, 0.6) is 0 Å². The summed E-state index contributed by atoms with van der Waals surface area (Å²) in [6, 6.07) is 0. The summed E-state index contributed by atoms with van der Waals surface area (Å²) in [5.41, 5.74) is 2.76. The fraction of sp³-hybridized carbons (Fsp3) is 0.750. The topological polar surface area (TPSA) is 23.5 Å². The minimum absolute atomic E-state index is 0.127. The first kappa shape index (κ1) is 9.04. The van der Waals surface area contributed by atoms with Crippen molar-refractivity contribution in [3.63, 3.8) is 0 Å². The predicted molar refractivity (Wildman–Crippen MR) is 46.7 cm³/mol. The summed E-state index contributed by atoms with van der Waals surface area (Å²) in [7, 11) is 0. The van der Waals surface area contributed by atoms with E-state index in [1.54, 1.807) is 5.54 Å². The lowest BCUT2D eigenvalue weighted by atomic mass is 10.3.